The third-order valence-electron chi connectivity index (χ3n) is 4.73. The molecule has 1 saturated heterocycles. The summed E-state index contributed by atoms with van der Waals surface area (Å²) in [6.07, 6.45) is 6.91. The molecule has 2 aliphatic rings. The minimum Gasteiger partial charge on any atom is -0.381 e. The van der Waals surface area contributed by atoms with Gasteiger partial charge >= 0.3 is 0 Å². The summed E-state index contributed by atoms with van der Waals surface area (Å²) >= 11 is 0. The number of hydrogen-bond acceptors (Lipinski definition) is 3. The monoisotopic (exact) mass is 254 g/mol. The van der Waals surface area contributed by atoms with Crippen molar-refractivity contribution in [2.24, 2.45) is 11.8 Å². The van der Waals surface area contributed by atoms with Crippen LogP contribution in [-0.2, 0) is 4.74 Å². The van der Waals surface area contributed by atoms with Crippen LogP contribution in [0.1, 0.15) is 39.0 Å². The van der Waals surface area contributed by atoms with Crippen molar-refractivity contribution < 1.29 is 4.74 Å². The minimum atomic E-state index is 0.754. The van der Waals surface area contributed by atoms with Crippen molar-refractivity contribution in [3.63, 3.8) is 0 Å². The fourth-order valence-electron chi connectivity index (χ4n) is 3.42. The van der Waals surface area contributed by atoms with Crippen LogP contribution >= 0.6 is 0 Å². The van der Waals surface area contributed by atoms with Crippen molar-refractivity contribution in [1.29, 1.82) is 0 Å². The maximum atomic E-state index is 5.39. The van der Waals surface area contributed by atoms with Crippen LogP contribution in [0.15, 0.2) is 0 Å². The van der Waals surface area contributed by atoms with Gasteiger partial charge in [-0.15, -0.1) is 0 Å². The topological polar surface area (TPSA) is 24.5 Å². The third kappa shape index (κ3) is 4.22. The van der Waals surface area contributed by atoms with Gasteiger partial charge in [0.2, 0.25) is 0 Å². The van der Waals surface area contributed by atoms with E-state index >= 15 is 0 Å². The molecule has 0 radical (unpaired) electrons. The van der Waals surface area contributed by atoms with Crippen LogP contribution < -0.4 is 5.32 Å². The highest BCUT2D eigenvalue weighted by Gasteiger charge is 2.24. The Bertz CT molecular complexity index is 229. The Balaban J connectivity index is 1.57. The van der Waals surface area contributed by atoms with Crippen molar-refractivity contribution in [3.05, 3.63) is 0 Å². The average molecular weight is 254 g/mol. The number of ether oxygens (including phenoxy) is 1. The average Bonchev–Trinajstić information content (AvgIpc) is 2.88. The molecule has 0 aromatic heterocycles. The quantitative estimate of drug-likeness (QED) is 0.735. The normalized spacial score (nSPS) is 33.2. The molecule has 3 nitrogen and oxygen atoms in total. The molecule has 106 valence electrons. The van der Waals surface area contributed by atoms with Gasteiger partial charge in [-0.3, -0.25) is 0 Å². The highest BCUT2D eigenvalue weighted by Crippen LogP contribution is 2.26. The van der Waals surface area contributed by atoms with Gasteiger partial charge < -0.3 is 15.0 Å². The Hall–Kier alpha value is -0.120. The van der Waals surface area contributed by atoms with Crippen molar-refractivity contribution >= 4 is 0 Å². The Morgan fingerprint density at radius 3 is 2.78 bits per heavy atom. The summed E-state index contributed by atoms with van der Waals surface area (Å²) in [6.45, 7) is 7.78. The molecule has 3 unspecified atom stereocenters. The van der Waals surface area contributed by atoms with Gasteiger partial charge in [-0.2, -0.15) is 0 Å². The lowest BCUT2D eigenvalue weighted by atomic mass is 9.85. The lowest BCUT2D eigenvalue weighted by Gasteiger charge is -2.36. The van der Waals surface area contributed by atoms with E-state index in [-0.39, 0.29) is 0 Å². The first-order valence-corrected chi connectivity index (χ1v) is 7.76. The lowest BCUT2D eigenvalue weighted by Crippen LogP contribution is -2.42. The minimum absolute atomic E-state index is 0.754. The van der Waals surface area contributed by atoms with Gasteiger partial charge in [-0.25, -0.2) is 0 Å². The van der Waals surface area contributed by atoms with E-state index in [1.807, 2.05) is 0 Å². The molecule has 0 bridgehead atoms. The van der Waals surface area contributed by atoms with Gasteiger partial charge in [-0.05, 0) is 38.1 Å². The molecule has 2 fully saturated rings. The van der Waals surface area contributed by atoms with Gasteiger partial charge in [0.15, 0.2) is 0 Å². The Morgan fingerprint density at radius 1 is 1.22 bits per heavy atom. The van der Waals surface area contributed by atoms with E-state index in [9.17, 15) is 0 Å². The first-order valence-electron chi connectivity index (χ1n) is 7.76. The molecule has 1 saturated carbocycles. The summed E-state index contributed by atoms with van der Waals surface area (Å²) in [5.74, 6) is 1.64. The molecule has 1 aliphatic heterocycles. The molecule has 1 N–H and O–H groups in total. The van der Waals surface area contributed by atoms with Gasteiger partial charge in [0.1, 0.15) is 0 Å². The number of nitrogens with zero attached hydrogens (tertiary/aromatic N) is 1. The van der Waals surface area contributed by atoms with E-state index in [1.54, 1.807) is 0 Å². The summed E-state index contributed by atoms with van der Waals surface area (Å²) in [6, 6.07) is 0.815. The molecule has 1 heterocycles. The largest absolute Gasteiger partial charge is 0.381 e. The van der Waals surface area contributed by atoms with E-state index in [1.165, 1.54) is 38.6 Å². The van der Waals surface area contributed by atoms with E-state index in [0.717, 1.165) is 44.2 Å². The second-order valence-electron chi connectivity index (χ2n) is 6.24. The highest BCUT2D eigenvalue weighted by atomic mass is 16.5. The fraction of sp³-hybridized carbons (Fsp3) is 1.00. The van der Waals surface area contributed by atoms with Gasteiger partial charge in [0.05, 0.1) is 6.61 Å². The van der Waals surface area contributed by atoms with Crippen LogP contribution in [0.3, 0.4) is 0 Å². The van der Waals surface area contributed by atoms with Crippen LogP contribution in [0.5, 0.6) is 0 Å². The fourth-order valence-corrected chi connectivity index (χ4v) is 3.42. The molecule has 18 heavy (non-hydrogen) atoms. The molecule has 1 aliphatic carbocycles. The van der Waals surface area contributed by atoms with E-state index in [0.29, 0.717) is 0 Å². The third-order valence-corrected chi connectivity index (χ3v) is 4.73. The zero-order valence-electron chi connectivity index (χ0n) is 12.2. The van der Waals surface area contributed by atoms with E-state index in [2.05, 4.69) is 24.2 Å². The smallest absolute Gasteiger partial charge is 0.0507 e. The summed E-state index contributed by atoms with van der Waals surface area (Å²) in [7, 11) is 2.30. The molecule has 2 rings (SSSR count). The second kappa shape index (κ2) is 7.46. The Labute approximate surface area is 112 Å². The van der Waals surface area contributed by atoms with Gasteiger partial charge in [0.25, 0.3) is 0 Å². The molecular weight excluding hydrogens is 224 g/mol. The first kappa shape index (κ1) is 14.3. The molecule has 0 aromatic rings. The summed E-state index contributed by atoms with van der Waals surface area (Å²) in [5, 5.41) is 3.59. The van der Waals surface area contributed by atoms with Crippen molar-refractivity contribution in [1.82, 2.24) is 10.2 Å². The Kier molecular flexibility index (Phi) is 5.93. The zero-order valence-corrected chi connectivity index (χ0v) is 12.2. The Morgan fingerprint density at radius 2 is 2.06 bits per heavy atom. The first-order chi connectivity index (χ1) is 8.77. The predicted molar refractivity (Wildman–Crippen MR) is 75.8 cm³/mol. The van der Waals surface area contributed by atoms with Crippen LogP contribution in [0.2, 0.25) is 0 Å². The SMILES string of the molecule is CC1CCCCC1N(C)CCNCC1CCOC1. The maximum Gasteiger partial charge on any atom is 0.0507 e. The highest BCUT2D eigenvalue weighted by molar-refractivity contribution is 4.79. The van der Waals surface area contributed by atoms with Crippen LogP contribution in [-0.4, -0.2) is 50.8 Å². The zero-order chi connectivity index (χ0) is 12.8. The van der Waals surface area contributed by atoms with Crippen molar-refractivity contribution in [3.8, 4) is 0 Å². The van der Waals surface area contributed by atoms with Crippen LogP contribution in [0.4, 0.5) is 0 Å². The lowest BCUT2D eigenvalue weighted by molar-refractivity contribution is 0.139. The standard InChI is InChI=1S/C15H30N2O/c1-13-5-3-4-6-15(13)17(2)9-8-16-11-14-7-10-18-12-14/h13-16H,3-12H2,1-2H3. The van der Waals surface area contributed by atoms with Gasteiger partial charge in [-0.1, -0.05) is 19.8 Å². The van der Waals surface area contributed by atoms with E-state index < -0.39 is 0 Å². The summed E-state index contributed by atoms with van der Waals surface area (Å²) in [5.41, 5.74) is 0. The van der Waals surface area contributed by atoms with Crippen molar-refractivity contribution in [2.45, 2.75) is 45.1 Å². The molecule has 3 heteroatoms. The van der Waals surface area contributed by atoms with E-state index in [4.69, 9.17) is 4.74 Å². The van der Waals surface area contributed by atoms with Crippen LogP contribution in [0, 0.1) is 11.8 Å². The molecule has 0 aromatic carbocycles. The molecule has 0 spiro atoms. The number of likely N-dealkylation sites (N-methyl/N-ethyl adjacent to an activating group) is 1. The van der Waals surface area contributed by atoms with Crippen LogP contribution in [0.25, 0.3) is 0 Å². The summed E-state index contributed by atoms with van der Waals surface area (Å²) < 4.78 is 5.39. The molecular formula is C15H30N2O. The molecule has 0 amide bonds. The molecule has 3 atom stereocenters. The second-order valence-corrected chi connectivity index (χ2v) is 6.24. The van der Waals surface area contributed by atoms with Gasteiger partial charge in [0, 0.05) is 32.3 Å². The maximum absolute atomic E-state index is 5.39. The number of nitrogens with one attached hydrogen (secondary N) is 1. The number of rotatable bonds is 6. The summed E-state index contributed by atoms with van der Waals surface area (Å²) in [4.78, 5) is 2.57. The number of hydrogen-bond donors (Lipinski definition) is 1. The van der Waals surface area contributed by atoms with Crippen molar-refractivity contribution in [2.75, 3.05) is 39.9 Å². The predicted octanol–water partition coefficient (Wildman–Crippen LogP) is 2.12.